The molecule has 0 bridgehead atoms. The predicted octanol–water partition coefficient (Wildman–Crippen LogP) is 4.98. The van der Waals surface area contributed by atoms with Crippen LogP contribution in [-0.2, 0) is 26.2 Å². The lowest BCUT2D eigenvalue weighted by molar-refractivity contribution is -0.981. The van der Waals surface area contributed by atoms with E-state index in [0.29, 0.717) is 30.7 Å². The van der Waals surface area contributed by atoms with Crippen molar-refractivity contribution in [1.29, 1.82) is 0 Å². The molecule has 4 rings (SSSR count). The van der Waals surface area contributed by atoms with Gasteiger partial charge in [-0.15, -0.1) is 0 Å². The Labute approximate surface area is 145 Å². The maximum atomic E-state index is 5.64. The van der Waals surface area contributed by atoms with Crippen LogP contribution in [0.15, 0.2) is 91.3 Å². The van der Waals surface area contributed by atoms with E-state index in [1.807, 2.05) is 48.5 Å². The van der Waals surface area contributed by atoms with Gasteiger partial charge in [-0.05, 0) is 48.5 Å². The first-order chi connectivity index (χ1) is 12.3. The van der Waals surface area contributed by atoms with Crippen LogP contribution in [0, 0.1) is 0 Å². The van der Waals surface area contributed by atoms with Gasteiger partial charge in [0.2, 0.25) is 0 Å². The van der Waals surface area contributed by atoms with Gasteiger partial charge in [0, 0.05) is 0 Å². The van der Waals surface area contributed by atoms with Gasteiger partial charge in [0.25, 0.3) is 0 Å². The third kappa shape index (κ3) is 3.78. The summed E-state index contributed by atoms with van der Waals surface area (Å²) < 4.78 is 23.2. The van der Waals surface area contributed by atoms with Crippen LogP contribution in [0.3, 0.4) is 0 Å². The van der Waals surface area contributed by atoms with E-state index in [4.69, 9.17) is 17.7 Å². The number of hydrogen-bond donors (Lipinski definition) is 0. The Balaban J connectivity index is 1.70. The largest absolute Gasteiger partial charge is 0.463 e. The Morgan fingerprint density at radius 2 is 0.760 bits per heavy atom. The van der Waals surface area contributed by atoms with Crippen molar-refractivity contribution >= 4 is 0 Å². The quantitative estimate of drug-likeness (QED) is 0.425. The van der Waals surface area contributed by atoms with Crippen LogP contribution in [0.25, 0.3) is 0 Å². The maximum absolute atomic E-state index is 5.64. The lowest BCUT2D eigenvalue weighted by atomic mass is 10.2. The SMILES string of the molecule is c1coc(C[N+](Cc2ccco2)(Cc2ccco2)Cc2ccco2)c1. The van der Waals surface area contributed by atoms with E-state index in [9.17, 15) is 0 Å². The monoisotopic (exact) mass is 338 g/mol. The summed E-state index contributed by atoms with van der Waals surface area (Å²) in [5, 5.41) is 0. The maximum Gasteiger partial charge on any atom is 0.158 e. The molecule has 0 aliphatic heterocycles. The van der Waals surface area contributed by atoms with Crippen molar-refractivity contribution in [1.82, 2.24) is 0 Å². The second-order valence-corrected chi connectivity index (χ2v) is 6.29. The van der Waals surface area contributed by atoms with E-state index >= 15 is 0 Å². The highest BCUT2D eigenvalue weighted by atomic mass is 16.3. The zero-order valence-corrected chi connectivity index (χ0v) is 13.8. The molecule has 0 radical (unpaired) electrons. The highest BCUT2D eigenvalue weighted by molar-refractivity contribution is 5.02. The lowest BCUT2D eigenvalue weighted by Gasteiger charge is -2.36. The molecule has 4 heterocycles. The minimum absolute atomic E-state index is 0.641. The standard InChI is InChI=1S/C20H20NO4/c1-5-17(22-9-1)13-21(14-18-6-2-10-23-18,15-19-7-3-11-24-19)16-20-8-4-12-25-20/h1-12H,13-16H2/q+1. The number of rotatable bonds is 8. The highest BCUT2D eigenvalue weighted by Gasteiger charge is 2.33. The average Bonchev–Trinajstić information content (AvgIpc) is 3.37. The third-order valence-corrected chi connectivity index (χ3v) is 4.29. The van der Waals surface area contributed by atoms with Crippen LogP contribution in [0.2, 0.25) is 0 Å². The fourth-order valence-corrected chi connectivity index (χ4v) is 3.27. The van der Waals surface area contributed by atoms with Gasteiger partial charge in [-0.2, -0.15) is 0 Å². The summed E-state index contributed by atoms with van der Waals surface area (Å²) in [5.41, 5.74) is 0. The number of furan rings is 4. The summed E-state index contributed by atoms with van der Waals surface area (Å²) in [5.74, 6) is 3.68. The molecule has 0 aliphatic carbocycles. The number of nitrogens with zero attached hydrogens (tertiary/aromatic N) is 1. The van der Waals surface area contributed by atoms with Crippen molar-refractivity contribution in [3.8, 4) is 0 Å². The molecular formula is C20H20NO4+. The summed E-state index contributed by atoms with van der Waals surface area (Å²) in [4.78, 5) is 0. The van der Waals surface area contributed by atoms with Gasteiger partial charge in [-0.1, -0.05) is 0 Å². The first-order valence-corrected chi connectivity index (χ1v) is 8.26. The number of hydrogen-bond acceptors (Lipinski definition) is 4. The van der Waals surface area contributed by atoms with E-state index < -0.39 is 0 Å². The zero-order chi connectivity index (χ0) is 17.0. The molecule has 0 unspecified atom stereocenters. The van der Waals surface area contributed by atoms with Crippen LogP contribution >= 0.6 is 0 Å². The topological polar surface area (TPSA) is 52.6 Å². The van der Waals surface area contributed by atoms with Crippen LogP contribution < -0.4 is 0 Å². The van der Waals surface area contributed by atoms with Gasteiger partial charge in [-0.3, -0.25) is 4.48 Å². The molecular weight excluding hydrogens is 318 g/mol. The molecule has 0 aromatic carbocycles. The molecule has 0 saturated heterocycles. The Kier molecular flexibility index (Phi) is 4.31. The van der Waals surface area contributed by atoms with E-state index in [1.54, 1.807) is 25.1 Å². The fourth-order valence-electron chi connectivity index (χ4n) is 3.27. The van der Waals surface area contributed by atoms with Crippen molar-refractivity contribution < 1.29 is 22.2 Å². The van der Waals surface area contributed by atoms with Gasteiger partial charge in [0.05, 0.1) is 25.1 Å². The summed E-state index contributed by atoms with van der Waals surface area (Å²) in [6.45, 7) is 2.81. The van der Waals surface area contributed by atoms with Gasteiger partial charge in [0.15, 0.2) is 23.0 Å². The first kappa shape index (κ1) is 15.6. The molecule has 25 heavy (non-hydrogen) atoms. The molecule has 0 N–H and O–H groups in total. The van der Waals surface area contributed by atoms with Crippen LogP contribution in [0.4, 0.5) is 0 Å². The van der Waals surface area contributed by atoms with Crippen molar-refractivity contribution in [2.45, 2.75) is 26.2 Å². The predicted molar refractivity (Wildman–Crippen MR) is 89.9 cm³/mol. The summed E-state index contributed by atoms with van der Waals surface area (Å²) in [6.07, 6.45) is 6.82. The Morgan fingerprint density at radius 1 is 0.480 bits per heavy atom. The first-order valence-electron chi connectivity index (χ1n) is 8.26. The van der Waals surface area contributed by atoms with Crippen molar-refractivity contribution in [2.24, 2.45) is 0 Å². The van der Waals surface area contributed by atoms with Crippen molar-refractivity contribution in [2.75, 3.05) is 0 Å². The molecule has 0 fully saturated rings. The third-order valence-electron chi connectivity index (χ3n) is 4.29. The van der Waals surface area contributed by atoms with Crippen molar-refractivity contribution in [3.05, 3.63) is 96.6 Å². The summed E-state index contributed by atoms with van der Waals surface area (Å²) in [7, 11) is 0. The minimum atomic E-state index is 0.641. The molecule has 4 aromatic rings. The molecule has 0 aliphatic rings. The second-order valence-electron chi connectivity index (χ2n) is 6.29. The van der Waals surface area contributed by atoms with Gasteiger partial charge in [0.1, 0.15) is 26.2 Å². The Hall–Kier alpha value is -2.92. The molecule has 128 valence electrons. The number of quaternary nitrogens is 1. The molecule has 4 aromatic heterocycles. The van der Waals surface area contributed by atoms with Crippen LogP contribution in [-0.4, -0.2) is 4.48 Å². The molecule has 5 heteroatoms. The Bertz CT molecular complexity index is 693. The zero-order valence-electron chi connectivity index (χ0n) is 13.8. The van der Waals surface area contributed by atoms with Crippen LogP contribution in [0.5, 0.6) is 0 Å². The normalized spacial score (nSPS) is 11.8. The second kappa shape index (κ2) is 6.91. The van der Waals surface area contributed by atoms with E-state index in [0.717, 1.165) is 23.0 Å². The molecule has 0 spiro atoms. The summed E-state index contributed by atoms with van der Waals surface area (Å²) in [6, 6.07) is 15.7. The highest BCUT2D eigenvalue weighted by Crippen LogP contribution is 2.28. The lowest BCUT2D eigenvalue weighted by Crippen LogP contribution is -2.44. The molecule has 0 atom stereocenters. The van der Waals surface area contributed by atoms with E-state index in [1.165, 1.54) is 0 Å². The van der Waals surface area contributed by atoms with E-state index in [-0.39, 0.29) is 0 Å². The molecule has 0 saturated carbocycles. The van der Waals surface area contributed by atoms with Gasteiger partial charge < -0.3 is 17.7 Å². The van der Waals surface area contributed by atoms with Gasteiger partial charge in [-0.25, -0.2) is 0 Å². The smallest absolute Gasteiger partial charge is 0.158 e. The van der Waals surface area contributed by atoms with Crippen LogP contribution in [0.1, 0.15) is 23.0 Å². The minimum Gasteiger partial charge on any atom is -0.463 e. The fraction of sp³-hybridized carbons (Fsp3) is 0.200. The van der Waals surface area contributed by atoms with E-state index in [2.05, 4.69) is 0 Å². The Morgan fingerprint density at radius 3 is 0.960 bits per heavy atom. The molecule has 0 amide bonds. The van der Waals surface area contributed by atoms with Crippen molar-refractivity contribution in [3.63, 3.8) is 0 Å². The molecule has 5 nitrogen and oxygen atoms in total. The summed E-state index contributed by atoms with van der Waals surface area (Å²) >= 11 is 0. The average molecular weight is 338 g/mol. The van der Waals surface area contributed by atoms with Gasteiger partial charge >= 0.3 is 0 Å².